The number of ether oxygens (including phenoxy) is 1. The molecule has 0 aliphatic carbocycles. The largest absolute Gasteiger partial charge is 0.493 e. The summed E-state index contributed by atoms with van der Waals surface area (Å²) in [6, 6.07) is 7.20. The van der Waals surface area contributed by atoms with Crippen LogP contribution in [0.15, 0.2) is 18.2 Å². The lowest BCUT2D eigenvalue weighted by atomic mass is 9.88. The van der Waals surface area contributed by atoms with Gasteiger partial charge >= 0.3 is 0 Å². The average Bonchev–Trinajstić information content (AvgIpc) is 2.95. The van der Waals surface area contributed by atoms with Crippen LogP contribution in [0.3, 0.4) is 0 Å². The number of hydrogen-bond donors (Lipinski definition) is 1. The number of unbranched alkanes of at least 4 members (excludes halogenated alkanes) is 1. The Morgan fingerprint density at radius 3 is 2.85 bits per heavy atom. The van der Waals surface area contributed by atoms with E-state index in [2.05, 4.69) is 44.4 Å². The van der Waals surface area contributed by atoms with E-state index in [9.17, 15) is 0 Å². The van der Waals surface area contributed by atoms with Gasteiger partial charge in [-0.05, 0) is 36.6 Å². The highest BCUT2D eigenvalue weighted by Gasteiger charge is 2.18. The van der Waals surface area contributed by atoms with Crippen molar-refractivity contribution < 1.29 is 4.74 Å². The standard InChI is InChI=1S/C18H29NO/c1-4-6-7-14(5-2)12-17(19-3)15-8-9-18-16(13-15)10-11-20-18/h8-9,13-14,17,19H,4-7,10-12H2,1-3H3. The zero-order valence-electron chi connectivity index (χ0n) is 13.2. The summed E-state index contributed by atoms with van der Waals surface area (Å²) in [6.07, 6.45) is 7.61. The van der Waals surface area contributed by atoms with Crippen LogP contribution in [-0.4, -0.2) is 13.7 Å². The Morgan fingerprint density at radius 1 is 1.30 bits per heavy atom. The summed E-state index contributed by atoms with van der Waals surface area (Å²) in [5.74, 6) is 1.92. The maximum Gasteiger partial charge on any atom is 0.122 e. The van der Waals surface area contributed by atoms with Gasteiger partial charge in [-0.25, -0.2) is 0 Å². The molecule has 2 unspecified atom stereocenters. The third kappa shape index (κ3) is 3.76. The maximum atomic E-state index is 5.60. The lowest BCUT2D eigenvalue weighted by Gasteiger charge is -2.23. The zero-order chi connectivity index (χ0) is 14.4. The molecular weight excluding hydrogens is 246 g/mol. The van der Waals surface area contributed by atoms with Gasteiger partial charge in [0, 0.05) is 12.5 Å². The Hall–Kier alpha value is -1.02. The molecule has 2 heteroatoms. The molecule has 2 nitrogen and oxygen atoms in total. The highest BCUT2D eigenvalue weighted by atomic mass is 16.5. The molecule has 1 N–H and O–H groups in total. The van der Waals surface area contributed by atoms with E-state index >= 15 is 0 Å². The van der Waals surface area contributed by atoms with Gasteiger partial charge in [-0.2, -0.15) is 0 Å². The summed E-state index contributed by atoms with van der Waals surface area (Å²) in [7, 11) is 2.08. The topological polar surface area (TPSA) is 21.3 Å². The van der Waals surface area contributed by atoms with Crippen LogP contribution in [0.2, 0.25) is 0 Å². The second-order valence-corrected chi connectivity index (χ2v) is 5.96. The van der Waals surface area contributed by atoms with Crippen molar-refractivity contribution in [3.8, 4) is 5.75 Å². The lowest BCUT2D eigenvalue weighted by Crippen LogP contribution is -2.20. The first-order valence-corrected chi connectivity index (χ1v) is 8.21. The Labute approximate surface area is 123 Å². The van der Waals surface area contributed by atoms with Crippen LogP contribution < -0.4 is 10.1 Å². The first kappa shape index (κ1) is 15.4. The Balaban J connectivity index is 2.03. The zero-order valence-corrected chi connectivity index (χ0v) is 13.2. The Morgan fingerprint density at radius 2 is 2.15 bits per heavy atom. The number of fused-ring (bicyclic) bond motifs is 1. The summed E-state index contributed by atoms with van der Waals surface area (Å²) >= 11 is 0. The van der Waals surface area contributed by atoms with Crippen molar-refractivity contribution in [1.82, 2.24) is 5.32 Å². The molecular formula is C18H29NO. The number of benzene rings is 1. The fourth-order valence-corrected chi connectivity index (χ4v) is 3.16. The van der Waals surface area contributed by atoms with E-state index in [0.717, 1.165) is 24.7 Å². The first-order valence-electron chi connectivity index (χ1n) is 8.21. The SMILES string of the molecule is CCCCC(CC)CC(NC)c1ccc2c(c1)CCO2. The average molecular weight is 275 g/mol. The quantitative estimate of drug-likeness (QED) is 0.755. The van der Waals surface area contributed by atoms with E-state index < -0.39 is 0 Å². The molecule has 20 heavy (non-hydrogen) atoms. The molecule has 1 heterocycles. The smallest absolute Gasteiger partial charge is 0.122 e. The molecule has 0 saturated heterocycles. The first-order chi connectivity index (χ1) is 9.78. The van der Waals surface area contributed by atoms with Crippen LogP contribution >= 0.6 is 0 Å². The van der Waals surface area contributed by atoms with Crippen molar-refractivity contribution in [3.05, 3.63) is 29.3 Å². The van der Waals surface area contributed by atoms with Crippen molar-refractivity contribution in [2.45, 2.75) is 58.4 Å². The predicted octanol–water partition coefficient (Wildman–Crippen LogP) is 4.49. The lowest BCUT2D eigenvalue weighted by molar-refractivity contribution is 0.356. The van der Waals surface area contributed by atoms with Crippen LogP contribution in [0.4, 0.5) is 0 Å². The molecule has 1 aromatic rings. The van der Waals surface area contributed by atoms with Crippen LogP contribution in [0, 0.1) is 5.92 Å². The van der Waals surface area contributed by atoms with Crippen molar-refractivity contribution in [1.29, 1.82) is 0 Å². The van der Waals surface area contributed by atoms with Gasteiger partial charge in [0.2, 0.25) is 0 Å². The molecule has 0 aromatic heterocycles. The highest BCUT2D eigenvalue weighted by Crippen LogP contribution is 2.31. The molecule has 0 radical (unpaired) electrons. The van der Waals surface area contributed by atoms with E-state index in [0.29, 0.717) is 6.04 Å². The number of nitrogens with one attached hydrogen (secondary N) is 1. The summed E-state index contributed by atoms with van der Waals surface area (Å²) in [5.41, 5.74) is 2.80. The molecule has 0 spiro atoms. The fourth-order valence-electron chi connectivity index (χ4n) is 3.16. The van der Waals surface area contributed by atoms with Crippen molar-refractivity contribution in [2.24, 2.45) is 5.92 Å². The summed E-state index contributed by atoms with van der Waals surface area (Å²) in [6.45, 7) is 5.45. The minimum absolute atomic E-state index is 0.475. The highest BCUT2D eigenvalue weighted by molar-refractivity contribution is 5.40. The predicted molar refractivity (Wildman–Crippen MR) is 85.4 cm³/mol. The van der Waals surface area contributed by atoms with Crippen LogP contribution in [0.5, 0.6) is 5.75 Å². The molecule has 0 fully saturated rings. The fraction of sp³-hybridized carbons (Fsp3) is 0.667. The van der Waals surface area contributed by atoms with Gasteiger partial charge in [-0.15, -0.1) is 0 Å². The van der Waals surface area contributed by atoms with Gasteiger partial charge in [-0.1, -0.05) is 51.7 Å². The van der Waals surface area contributed by atoms with Crippen molar-refractivity contribution >= 4 is 0 Å². The van der Waals surface area contributed by atoms with Crippen LogP contribution in [-0.2, 0) is 6.42 Å². The third-order valence-electron chi connectivity index (χ3n) is 4.58. The molecule has 2 atom stereocenters. The van der Waals surface area contributed by atoms with Gasteiger partial charge in [0.05, 0.1) is 6.61 Å². The molecule has 1 aliphatic rings. The van der Waals surface area contributed by atoms with Gasteiger partial charge in [0.1, 0.15) is 5.75 Å². The van der Waals surface area contributed by atoms with E-state index in [1.807, 2.05) is 0 Å². The minimum atomic E-state index is 0.475. The van der Waals surface area contributed by atoms with Crippen molar-refractivity contribution in [3.63, 3.8) is 0 Å². The summed E-state index contributed by atoms with van der Waals surface area (Å²) in [5, 5.41) is 3.51. The molecule has 2 rings (SSSR count). The normalized spacial score (nSPS) is 16.6. The Kier molecular flexibility index (Phi) is 5.90. The molecule has 0 saturated carbocycles. The second-order valence-electron chi connectivity index (χ2n) is 5.96. The van der Waals surface area contributed by atoms with Crippen molar-refractivity contribution in [2.75, 3.05) is 13.7 Å². The van der Waals surface area contributed by atoms with E-state index in [4.69, 9.17) is 4.74 Å². The molecule has 0 amide bonds. The second kappa shape index (κ2) is 7.68. The maximum absolute atomic E-state index is 5.60. The monoisotopic (exact) mass is 275 g/mol. The van der Waals surface area contributed by atoms with Gasteiger partial charge in [-0.3, -0.25) is 0 Å². The van der Waals surface area contributed by atoms with E-state index in [1.165, 1.54) is 43.2 Å². The van der Waals surface area contributed by atoms with Gasteiger partial charge in [0.25, 0.3) is 0 Å². The third-order valence-corrected chi connectivity index (χ3v) is 4.58. The molecule has 1 aromatic carbocycles. The summed E-state index contributed by atoms with van der Waals surface area (Å²) < 4.78 is 5.60. The number of rotatable bonds is 8. The number of hydrogen-bond acceptors (Lipinski definition) is 2. The van der Waals surface area contributed by atoms with Crippen LogP contribution in [0.1, 0.15) is 63.1 Å². The van der Waals surface area contributed by atoms with Gasteiger partial charge < -0.3 is 10.1 Å². The van der Waals surface area contributed by atoms with Gasteiger partial charge in [0.15, 0.2) is 0 Å². The molecule has 0 bridgehead atoms. The summed E-state index contributed by atoms with van der Waals surface area (Å²) in [4.78, 5) is 0. The van der Waals surface area contributed by atoms with Crippen LogP contribution in [0.25, 0.3) is 0 Å². The van der Waals surface area contributed by atoms with E-state index in [-0.39, 0.29) is 0 Å². The molecule has 112 valence electrons. The molecule has 1 aliphatic heterocycles. The van der Waals surface area contributed by atoms with E-state index in [1.54, 1.807) is 0 Å². The minimum Gasteiger partial charge on any atom is -0.493 e. The Bertz CT molecular complexity index is 416.